The van der Waals surface area contributed by atoms with Gasteiger partial charge < -0.3 is 10.1 Å². The van der Waals surface area contributed by atoms with E-state index in [-0.39, 0.29) is 24.2 Å². The average molecular weight is 304 g/mol. The molecule has 1 atom stereocenters. The highest BCUT2D eigenvalue weighted by molar-refractivity contribution is 6.35. The molecule has 106 valence electrons. The van der Waals surface area contributed by atoms with Crippen molar-refractivity contribution in [2.24, 2.45) is 0 Å². The Balaban J connectivity index is 2.59. The van der Waals surface area contributed by atoms with Crippen LogP contribution in [0, 0.1) is 0 Å². The Morgan fingerprint density at radius 1 is 1.37 bits per heavy atom. The normalized spacial score (nSPS) is 13.2. The standard InChI is InChI=1S/C14H19Cl2NO2/c1-9(11-6-5-10(15)7-12(11)16)17-13(18)8-19-14(2,3)4/h5-7,9H,8H2,1-4H3,(H,17,18). The Kier molecular flexibility index (Phi) is 5.65. The third-order valence-corrected chi connectivity index (χ3v) is 3.01. The molecule has 1 aromatic rings. The number of hydrogen-bond acceptors (Lipinski definition) is 2. The van der Waals surface area contributed by atoms with Crippen molar-refractivity contribution in [3.8, 4) is 0 Å². The molecule has 1 aromatic carbocycles. The Bertz CT molecular complexity index is 455. The molecule has 1 amide bonds. The summed E-state index contributed by atoms with van der Waals surface area (Å²) in [6, 6.07) is 5.02. The first kappa shape index (κ1) is 16.3. The van der Waals surface area contributed by atoms with Crippen molar-refractivity contribution in [3.63, 3.8) is 0 Å². The number of carbonyl (C=O) groups excluding carboxylic acids is 1. The highest BCUT2D eigenvalue weighted by Crippen LogP contribution is 2.26. The summed E-state index contributed by atoms with van der Waals surface area (Å²) in [7, 11) is 0. The van der Waals surface area contributed by atoms with Crippen molar-refractivity contribution in [1.29, 1.82) is 0 Å². The van der Waals surface area contributed by atoms with Crippen LogP contribution in [0.15, 0.2) is 18.2 Å². The zero-order chi connectivity index (χ0) is 14.6. The fraction of sp³-hybridized carbons (Fsp3) is 0.500. The fourth-order valence-corrected chi connectivity index (χ4v) is 2.07. The highest BCUT2D eigenvalue weighted by Gasteiger charge is 2.16. The van der Waals surface area contributed by atoms with Crippen LogP contribution in [0.4, 0.5) is 0 Å². The van der Waals surface area contributed by atoms with Crippen molar-refractivity contribution in [1.82, 2.24) is 5.32 Å². The van der Waals surface area contributed by atoms with E-state index in [1.807, 2.05) is 27.7 Å². The highest BCUT2D eigenvalue weighted by atomic mass is 35.5. The number of amides is 1. The molecule has 0 saturated heterocycles. The predicted octanol–water partition coefficient (Wildman–Crippen LogP) is 3.99. The Hall–Kier alpha value is -0.770. The van der Waals surface area contributed by atoms with Gasteiger partial charge in [0.2, 0.25) is 5.91 Å². The van der Waals surface area contributed by atoms with Crippen LogP contribution in [0.1, 0.15) is 39.3 Å². The van der Waals surface area contributed by atoms with Gasteiger partial charge in [-0.3, -0.25) is 4.79 Å². The molecule has 3 nitrogen and oxygen atoms in total. The van der Waals surface area contributed by atoms with Crippen molar-refractivity contribution >= 4 is 29.1 Å². The Morgan fingerprint density at radius 3 is 2.53 bits per heavy atom. The van der Waals surface area contributed by atoms with E-state index >= 15 is 0 Å². The van der Waals surface area contributed by atoms with E-state index in [0.29, 0.717) is 10.0 Å². The molecule has 0 saturated carbocycles. The first-order valence-corrected chi connectivity index (χ1v) is 6.83. The van der Waals surface area contributed by atoms with E-state index in [1.165, 1.54) is 0 Å². The maximum Gasteiger partial charge on any atom is 0.246 e. The molecule has 0 fully saturated rings. The molecule has 0 aliphatic rings. The second kappa shape index (κ2) is 6.60. The number of nitrogens with one attached hydrogen (secondary N) is 1. The molecule has 0 aliphatic heterocycles. The van der Waals surface area contributed by atoms with Crippen LogP contribution < -0.4 is 5.32 Å². The minimum atomic E-state index is -0.335. The van der Waals surface area contributed by atoms with Gasteiger partial charge in [-0.25, -0.2) is 0 Å². The van der Waals surface area contributed by atoms with Crippen LogP contribution in [0.3, 0.4) is 0 Å². The van der Waals surface area contributed by atoms with Crippen molar-refractivity contribution in [3.05, 3.63) is 33.8 Å². The van der Waals surface area contributed by atoms with Crippen molar-refractivity contribution in [2.45, 2.75) is 39.3 Å². The van der Waals surface area contributed by atoms with Gasteiger partial charge in [-0.15, -0.1) is 0 Å². The second-order valence-corrected chi connectivity index (χ2v) is 6.20. The lowest BCUT2D eigenvalue weighted by Crippen LogP contribution is -2.33. The van der Waals surface area contributed by atoms with Crippen LogP contribution in [-0.2, 0) is 9.53 Å². The lowest BCUT2D eigenvalue weighted by Gasteiger charge is -2.21. The van der Waals surface area contributed by atoms with E-state index in [9.17, 15) is 4.79 Å². The molecule has 1 rings (SSSR count). The molecule has 0 radical (unpaired) electrons. The first-order chi connectivity index (χ1) is 8.69. The van der Waals surface area contributed by atoms with Crippen molar-refractivity contribution < 1.29 is 9.53 Å². The summed E-state index contributed by atoms with van der Waals surface area (Å²) in [4.78, 5) is 11.7. The summed E-state index contributed by atoms with van der Waals surface area (Å²) >= 11 is 11.9. The Morgan fingerprint density at radius 2 is 2.00 bits per heavy atom. The minimum Gasteiger partial charge on any atom is -0.366 e. The van der Waals surface area contributed by atoms with Gasteiger partial charge in [-0.2, -0.15) is 0 Å². The van der Waals surface area contributed by atoms with Crippen LogP contribution >= 0.6 is 23.2 Å². The molecule has 5 heteroatoms. The number of ether oxygens (including phenoxy) is 1. The largest absolute Gasteiger partial charge is 0.366 e. The SMILES string of the molecule is CC(NC(=O)COC(C)(C)C)c1ccc(Cl)cc1Cl. The summed E-state index contributed by atoms with van der Waals surface area (Å²) in [5.41, 5.74) is 0.494. The lowest BCUT2D eigenvalue weighted by atomic mass is 10.1. The van der Waals surface area contributed by atoms with Gasteiger partial charge in [0.25, 0.3) is 0 Å². The zero-order valence-corrected chi connectivity index (χ0v) is 13.1. The molecule has 0 bridgehead atoms. The van der Waals surface area contributed by atoms with Crippen LogP contribution in [0.2, 0.25) is 10.0 Å². The first-order valence-electron chi connectivity index (χ1n) is 6.07. The summed E-state index contributed by atoms with van der Waals surface area (Å²) < 4.78 is 5.41. The number of rotatable bonds is 4. The molecular formula is C14H19Cl2NO2. The molecule has 19 heavy (non-hydrogen) atoms. The average Bonchev–Trinajstić information content (AvgIpc) is 2.25. The molecule has 0 heterocycles. The topological polar surface area (TPSA) is 38.3 Å². The van der Waals surface area contributed by atoms with E-state index in [0.717, 1.165) is 5.56 Å². The van der Waals surface area contributed by atoms with E-state index in [4.69, 9.17) is 27.9 Å². The van der Waals surface area contributed by atoms with Gasteiger partial charge >= 0.3 is 0 Å². The van der Waals surface area contributed by atoms with Crippen LogP contribution in [0.5, 0.6) is 0 Å². The van der Waals surface area contributed by atoms with Gasteiger partial charge in [-0.05, 0) is 45.4 Å². The quantitative estimate of drug-likeness (QED) is 0.913. The number of carbonyl (C=O) groups is 1. The van der Waals surface area contributed by atoms with Crippen LogP contribution in [0.25, 0.3) is 0 Å². The van der Waals surface area contributed by atoms with E-state index in [1.54, 1.807) is 18.2 Å². The second-order valence-electron chi connectivity index (χ2n) is 5.36. The molecule has 0 aromatic heterocycles. The number of hydrogen-bond donors (Lipinski definition) is 1. The molecule has 0 aliphatic carbocycles. The third-order valence-electron chi connectivity index (χ3n) is 2.44. The maximum atomic E-state index is 11.7. The van der Waals surface area contributed by atoms with Gasteiger partial charge in [0.1, 0.15) is 6.61 Å². The van der Waals surface area contributed by atoms with E-state index in [2.05, 4.69) is 5.32 Å². The zero-order valence-electron chi connectivity index (χ0n) is 11.6. The maximum absolute atomic E-state index is 11.7. The van der Waals surface area contributed by atoms with Gasteiger partial charge in [-0.1, -0.05) is 29.3 Å². The van der Waals surface area contributed by atoms with Crippen LogP contribution in [-0.4, -0.2) is 18.1 Å². The monoisotopic (exact) mass is 303 g/mol. The van der Waals surface area contributed by atoms with Gasteiger partial charge in [0.05, 0.1) is 11.6 Å². The summed E-state index contributed by atoms with van der Waals surface area (Å²) in [6.45, 7) is 7.60. The number of benzene rings is 1. The fourth-order valence-electron chi connectivity index (χ4n) is 1.50. The number of halogens is 2. The summed E-state index contributed by atoms with van der Waals surface area (Å²) in [5.74, 6) is -0.173. The molecule has 1 N–H and O–H groups in total. The molecular weight excluding hydrogens is 285 g/mol. The summed E-state index contributed by atoms with van der Waals surface area (Å²) in [5, 5.41) is 3.95. The molecule has 1 unspecified atom stereocenters. The van der Waals surface area contributed by atoms with Crippen molar-refractivity contribution in [2.75, 3.05) is 6.61 Å². The predicted molar refractivity (Wildman–Crippen MR) is 78.7 cm³/mol. The Labute approximate surface area is 124 Å². The smallest absolute Gasteiger partial charge is 0.246 e. The minimum absolute atomic E-state index is 0.0268. The van der Waals surface area contributed by atoms with Gasteiger partial charge in [0, 0.05) is 10.0 Å². The van der Waals surface area contributed by atoms with E-state index < -0.39 is 0 Å². The molecule has 0 spiro atoms. The lowest BCUT2D eigenvalue weighted by molar-refractivity contribution is -0.131. The summed E-state index contributed by atoms with van der Waals surface area (Å²) in [6.07, 6.45) is 0. The third kappa shape index (κ3) is 5.81. The van der Waals surface area contributed by atoms with Gasteiger partial charge in [0.15, 0.2) is 0 Å².